The predicted octanol–water partition coefficient (Wildman–Crippen LogP) is 4.13. The summed E-state index contributed by atoms with van der Waals surface area (Å²) in [4.78, 5) is 21.3. The van der Waals surface area contributed by atoms with Gasteiger partial charge in [0.1, 0.15) is 23.4 Å². The molecule has 0 saturated heterocycles. The van der Waals surface area contributed by atoms with Crippen molar-refractivity contribution in [1.29, 1.82) is 0 Å². The molecule has 2 aromatic heterocycles. The molecular weight excluding hydrogens is 421 g/mol. The molecule has 7 nitrogen and oxygen atoms in total. The molecule has 0 saturated carbocycles. The Morgan fingerprint density at radius 1 is 1.21 bits per heavy atom. The van der Waals surface area contributed by atoms with E-state index in [2.05, 4.69) is 19.9 Å². The predicted molar refractivity (Wildman–Crippen MR) is 125 cm³/mol. The van der Waals surface area contributed by atoms with Crippen LogP contribution in [0.2, 0.25) is 0 Å². The van der Waals surface area contributed by atoms with Gasteiger partial charge in [0.15, 0.2) is 5.82 Å². The van der Waals surface area contributed by atoms with E-state index in [9.17, 15) is 9.18 Å². The first-order valence-electron chi connectivity index (χ1n) is 10.8. The van der Waals surface area contributed by atoms with E-state index in [0.717, 1.165) is 41.5 Å². The lowest BCUT2D eigenvalue weighted by Crippen LogP contribution is -2.16. The number of nitrogens with two attached hydrogens (primary N) is 1. The number of hydrogen-bond acceptors (Lipinski definition) is 5. The summed E-state index contributed by atoms with van der Waals surface area (Å²) in [6, 6.07) is 10.4. The van der Waals surface area contributed by atoms with Gasteiger partial charge in [-0.05, 0) is 61.1 Å². The SMILES string of the molecule is COc1cc(-n2c3c(c4ncnc(N)c42)CCC3)ccc1NC(=O)Cc1ccc(C)cc1F. The molecule has 3 N–H and O–H groups in total. The van der Waals surface area contributed by atoms with E-state index in [1.54, 1.807) is 25.3 Å². The van der Waals surface area contributed by atoms with E-state index in [4.69, 9.17) is 10.5 Å². The molecule has 0 atom stereocenters. The van der Waals surface area contributed by atoms with Crippen LogP contribution in [0, 0.1) is 12.7 Å². The van der Waals surface area contributed by atoms with Gasteiger partial charge in [0.2, 0.25) is 5.91 Å². The number of hydrogen-bond donors (Lipinski definition) is 2. The van der Waals surface area contributed by atoms with E-state index in [1.807, 2.05) is 19.1 Å². The molecule has 5 rings (SSSR count). The lowest BCUT2D eigenvalue weighted by molar-refractivity contribution is -0.115. The van der Waals surface area contributed by atoms with Gasteiger partial charge >= 0.3 is 0 Å². The average Bonchev–Trinajstić information content (AvgIpc) is 3.38. The Balaban J connectivity index is 1.48. The van der Waals surface area contributed by atoms with Crippen molar-refractivity contribution in [2.45, 2.75) is 32.6 Å². The number of methoxy groups -OCH3 is 1. The lowest BCUT2D eigenvalue weighted by atomic mass is 10.1. The number of aromatic nitrogens is 3. The fourth-order valence-corrected chi connectivity index (χ4v) is 4.57. The van der Waals surface area contributed by atoms with Crippen molar-refractivity contribution in [1.82, 2.24) is 14.5 Å². The number of anilines is 2. The molecule has 0 bridgehead atoms. The van der Waals surface area contributed by atoms with Gasteiger partial charge in [0, 0.05) is 17.4 Å². The zero-order valence-electron chi connectivity index (χ0n) is 18.5. The molecule has 2 aromatic carbocycles. The summed E-state index contributed by atoms with van der Waals surface area (Å²) in [6.45, 7) is 1.81. The number of halogens is 1. The molecule has 0 radical (unpaired) electrons. The zero-order chi connectivity index (χ0) is 23.1. The van der Waals surface area contributed by atoms with Crippen LogP contribution < -0.4 is 15.8 Å². The van der Waals surface area contributed by atoms with Crippen molar-refractivity contribution < 1.29 is 13.9 Å². The van der Waals surface area contributed by atoms with Gasteiger partial charge in [0.25, 0.3) is 0 Å². The minimum absolute atomic E-state index is 0.0688. The number of carbonyl (C=O) groups excluding carboxylic acids is 1. The van der Waals surface area contributed by atoms with Gasteiger partial charge in [0.05, 0.1) is 24.7 Å². The van der Waals surface area contributed by atoms with E-state index in [-0.39, 0.29) is 18.1 Å². The summed E-state index contributed by atoms with van der Waals surface area (Å²) in [5.41, 5.74) is 12.8. The number of benzene rings is 2. The number of ether oxygens (including phenoxy) is 1. The normalized spacial score (nSPS) is 12.7. The molecule has 0 aliphatic heterocycles. The number of nitrogens with one attached hydrogen (secondary N) is 1. The zero-order valence-corrected chi connectivity index (χ0v) is 18.5. The smallest absolute Gasteiger partial charge is 0.229 e. The lowest BCUT2D eigenvalue weighted by Gasteiger charge is -2.15. The number of aryl methyl sites for hydroxylation is 2. The third-order valence-corrected chi connectivity index (χ3v) is 6.10. The van der Waals surface area contributed by atoms with Crippen LogP contribution >= 0.6 is 0 Å². The van der Waals surface area contributed by atoms with E-state index < -0.39 is 0 Å². The Labute approximate surface area is 190 Å². The molecule has 1 aliphatic carbocycles. The first-order valence-corrected chi connectivity index (χ1v) is 10.8. The number of nitrogens with zero attached hydrogens (tertiary/aromatic N) is 3. The number of fused-ring (bicyclic) bond motifs is 3. The number of nitrogen functional groups attached to an aromatic ring is 1. The molecule has 33 heavy (non-hydrogen) atoms. The van der Waals surface area contributed by atoms with Gasteiger partial charge in [-0.2, -0.15) is 0 Å². The summed E-state index contributed by atoms with van der Waals surface area (Å²) in [7, 11) is 1.55. The van der Waals surface area contributed by atoms with Gasteiger partial charge in [-0.15, -0.1) is 0 Å². The Bertz CT molecular complexity index is 1400. The van der Waals surface area contributed by atoms with Crippen LogP contribution in [0.15, 0.2) is 42.7 Å². The summed E-state index contributed by atoms with van der Waals surface area (Å²) in [5, 5.41) is 2.84. The Morgan fingerprint density at radius 2 is 2.06 bits per heavy atom. The minimum Gasteiger partial charge on any atom is -0.494 e. The maximum Gasteiger partial charge on any atom is 0.229 e. The quantitative estimate of drug-likeness (QED) is 0.482. The highest BCUT2D eigenvalue weighted by atomic mass is 19.1. The van der Waals surface area contributed by atoms with Crippen molar-refractivity contribution in [3.05, 3.63) is 70.9 Å². The number of amides is 1. The van der Waals surface area contributed by atoms with Crippen LogP contribution in [0.25, 0.3) is 16.7 Å². The molecule has 168 valence electrons. The maximum absolute atomic E-state index is 14.1. The highest BCUT2D eigenvalue weighted by Gasteiger charge is 2.25. The summed E-state index contributed by atoms with van der Waals surface area (Å²) < 4.78 is 21.8. The van der Waals surface area contributed by atoms with Crippen molar-refractivity contribution in [3.8, 4) is 11.4 Å². The van der Waals surface area contributed by atoms with Crippen molar-refractivity contribution in [3.63, 3.8) is 0 Å². The fraction of sp³-hybridized carbons (Fsp3) is 0.240. The third-order valence-electron chi connectivity index (χ3n) is 6.10. The largest absolute Gasteiger partial charge is 0.494 e. The van der Waals surface area contributed by atoms with Crippen molar-refractivity contribution in [2.24, 2.45) is 0 Å². The second-order valence-electron chi connectivity index (χ2n) is 8.27. The summed E-state index contributed by atoms with van der Waals surface area (Å²) >= 11 is 0. The first-order chi connectivity index (χ1) is 16.0. The van der Waals surface area contributed by atoms with E-state index in [1.165, 1.54) is 23.7 Å². The number of rotatable bonds is 5. The highest BCUT2D eigenvalue weighted by molar-refractivity contribution is 5.95. The van der Waals surface area contributed by atoms with Gasteiger partial charge in [-0.1, -0.05) is 12.1 Å². The Kier molecular flexibility index (Phi) is 5.20. The molecule has 0 spiro atoms. The minimum atomic E-state index is -0.388. The summed E-state index contributed by atoms with van der Waals surface area (Å²) in [6.07, 6.45) is 4.37. The van der Waals surface area contributed by atoms with Crippen LogP contribution in [-0.4, -0.2) is 27.6 Å². The van der Waals surface area contributed by atoms with Gasteiger partial charge in [-0.3, -0.25) is 4.79 Å². The molecule has 1 amide bonds. The van der Waals surface area contributed by atoms with Gasteiger partial charge in [-0.25, -0.2) is 14.4 Å². The second-order valence-corrected chi connectivity index (χ2v) is 8.27. The molecule has 1 aliphatic rings. The van der Waals surface area contributed by atoms with Crippen LogP contribution in [0.5, 0.6) is 5.75 Å². The summed E-state index contributed by atoms with van der Waals surface area (Å²) in [5.74, 6) is 0.203. The van der Waals surface area contributed by atoms with Crippen LogP contribution in [-0.2, 0) is 24.1 Å². The second kappa shape index (κ2) is 8.20. The van der Waals surface area contributed by atoms with E-state index in [0.29, 0.717) is 22.8 Å². The monoisotopic (exact) mass is 445 g/mol. The highest BCUT2D eigenvalue weighted by Crippen LogP contribution is 2.38. The topological polar surface area (TPSA) is 95.1 Å². The maximum atomic E-state index is 14.1. The van der Waals surface area contributed by atoms with Crippen LogP contribution in [0.4, 0.5) is 15.9 Å². The average molecular weight is 445 g/mol. The molecule has 8 heteroatoms. The molecule has 2 heterocycles. The first kappa shape index (κ1) is 20.9. The van der Waals surface area contributed by atoms with Crippen LogP contribution in [0.1, 0.15) is 28.8 Å². The van der Waals surface area contributed by atoms with Gasteiger partial charge < -0.3 is 20.4 Å². The standard InChI is InChI=1S/C25H24FN5O2/c1-14-6-7-15(18(26)10-14)11-22(32)30-19-9-8-16(12-21(19)33-2)31-20-5-3-4-17(20)23-24(31)25(27)29-13-28-23/h6-10,12-13H,3-5,11H2,1-2H3,(H,30,32)(H2,27,28,29). The Hall–Kier alpha value is -3.94. The van der Waals surface area contributed by atoms with E-state index >= 15 is 0 Å². The van der Waals surface area contributed by atoms with Crippen molar-refractivity contribution in [2.75, 3.05) is 18.2 Å². The Morgan fingerprint density at radius 3 is 2.85 bits per heavy atom. The third kappa shape index (κ3) is 3.67. The van der Waals surface area contributed by atoms with Crippen molar-refractivity contribution >= 4 is 28.4 Å². The van der Waals surface area contributed by atoms with Crippen LogP contribution in [0.3, 0.4) is 0 Å². The molecule has 0 fully saturated rings. The molecule has 0 unspecified atom stereocenters. The molecular formula is C25H24FN5O2. The molecule has 4 aromatic rings. The fourth-order valence-electron chi connectivity index (χ4n) is 4.57. The number of carbonyl (C=O) groups is 1.